The molecule has 0 spiro atoms. The average Bonchev–Trinajstić information content (AvgIpc) is 3.14. The highest BCUT2D eigenvalue weighted by Gasteiger charge is 2.63. The van der Waals surface area contributed by atoms with E-state index in [1.807, 2.05) is 0 Å². The molecule has 19 heavy (non-hydrogen) atoms. The van der Waals surface area contributed by atoms with Crippen molar-refractivity contribution in [3.8, 4) is 0 Å². The minimum atomic E-state index is -1.25. The summed E-state index contributed by atoms with van der Waals surface area (Å²) in [6.45, 7) is 3.50. The minimum absolute atomic E-state index is 0.0784. The molecule has 0 aromatic carbocycles. The number of hydrogen-bond donors (Lipinski definition) is 3. The topological polar surface area (TPSA) is 101 Å². The molecule has 2 rings (SSSR count). The van der Waals surface area contributed by atoms with Gasteiger partial charge in [-0.05, 0) is 37.5 Å². The molecule has 4 N–H and O–H groups in total. The maximum absolute atomic E-state index is 11.8. The quantitative estimate of drug-likeness (QED) is 0.721. The molecule has 0 aromatic rings. The van der Waals surface area contributed by atoms with Gasteiger partial charge >= 0.3 is 11.9 Å². The Morgan fingerprint density at radius 2 is 1.95 bits per heavy atom. The molecule has 2 aliphatic carbocycles. The van der Waals surface area contributed by atoms with Crippen LogP contribution in [0.1, 0.15) is 39.5 Å². The Morgan fingerprint density at radius 1 is 1.37 bits per heavy atom. The Bertz CT molecular complexity index is 454. The van der Waals surface area contributed by atoms with Gasteiger partial charge in [-0.1, -0.05) is 19.9 Å². The van der Waals surface area contributed by atoms with Crippen molar-refractivity contribution in [2.24, 2.45) is 28.4 Å². The summed E-state index contributed by atoms with van der Waals surface area (Å²) in [5.41, 5.74) is 4.03. The summed E-state index contributed by atoms with van der Waals surface area (Å²) in [6, 6.07) is 0. The first-order valence-corrected chi connectivity index (χ1v) is 6.77. The second-order valence-electron chi connectivity index (χ2n) is 5.84. The van der Waals surface area contributed by atoms with Crippen molar-refractivity contribution in [2.75, 3.05) is 0 Å². The number of carboxylic acids is 2. The first kappa shape index (κ1) is 13.9. The van der Waals surface area contributed by atoms with Crippen LogP contribution in [-0.2, 0) is 9.59 Å². The summed E-state index contributed by atoms with van der Waals surface area (Å²) in [6.07, 6.45) is 4.01. The van der Waals surface area contributed by atoms with Crippen LogP contribution in [0, 0.1) is 22.7 Å². The molecule has 0 heterocycles. The van der Waals surface area contributed by atoms with Gasteiger partial charge in [0.15, 0.2) is 0 Å². The van der Waals surface area contributed by atoms with E-state index >= 15 is 0 Å². The number of allylic oxidation sites excluding steroid dienone is 1. The highest BCUT2D eigenvalue weighted by atomic mass is 16.4. The third kappa shape index (κ3) is 1.60. The smallest absolute Gasteiger partial charge is 0.315 e. The molecular formula is C14H21NO4. The normalized spacial score (nSPS) is 38.6. The van der Waals surface area contributed by atoms with Gasteiger partial charge < -0.3 is 15.9 Å². The minimum Gasteiger partial charge on any atom is -0.481 e. The van der Waals surface area contributed by atoms with Crippen LogP contribution in [0.25, 0.3) is 0 Å². The summed E-state index contributed by atoms with van der Waals surface area (Å²) in [7, 11) is 0. The lowest BCUT2D eigenvalue weighted by Crippen LogP contribution is -2.55. The molecule has 0 saturated heterocycles. The van der Waals surface area contributed by atoms with E-state index in [4.69, 9.17) is 5.73 Å². The predicted octanol–water partition coefficient (Wildman–Crippen LogP) is 1.83. The number of hydrogen-bond acceptors (Lipinski definition) is 3. The van der Waals surface area contributed by atoms with Crippen LogP contribution in [0.5, 0.6) is 0 Å². The molecule has 106 valence electrons. The van der Waals surface area contributed by atoms with Crippen LogP contribution < -0.4 is 5.73 Å². The lowest BCUT2D eigenvalue weighted by Gasteiger charge is -2.48. The van der Waals surface area contributed by atoms with E-state index in [-0.39, 0.29) is 5.92 Å². The molecule has 1 fully saturated rings. The Kier molecular flexibility index (Phi) is 3.11. The maximum Gasteiger partial charge on any atom is 0.315 e. The Hall–Kier alpha value is -1.52. The summed E-state index contributed by atoms with van der Waals surface area (Å²) in [5, 5.41) is 19.3. The van der Waals surface area contributed by atoms with Crippen molar-refractivity contribution < 1.29 is 19.8 Å². The third-order valence-corrected chi connectivity index (χ3v) is 5.33. The van der Waals surface area contributed by atoms with E-state index in [2.05, 4.69) is 0 Å². The fourth-order valence-corrected chi connectivity index (χ4v) is 3.86. The van der Waals surface area contributed by atoms with Gasteiger partial charge in [-0.2, -0.15) is 0 Å². The monoisotopic (exact) mass is 267 g/mol. The van der Waals surface area contributed by atoms with Crippen molar-refractivity contribution in [1.82, 2.24) is 0 Å². The maximum atomic E-state index is 11.8. The van der Waals surface area contributed by atoms with Gasteiger partial charge in [0.25, 0.3) is 0 Å². The van der Waals surface area contributed by atoms with Crippen LogP contribution in [0.15, 0.2) is 11.8 Å². The Morgan fingerprint density at radius 3 is 2.32 bits per heavy atom. The fraction of sp³-hybridized carbons (Fsp3) is 0.714. The molecule has 0 aliphatic heterocycles. The van der Waals surface area contributed by atoms with E-state index in [9.17, 15) is 19.8 Å². The largest absolute Gasteiger partial charge is 0.481 e. The van der Waals surface area contributed by atoms with Crippen molar-refractivity contribution in [1.29, 1.82) is 0 Å². The van der Waals surface area contributed by atoms with Gasteiger partial charge in [-0.3, -0.25) is 9.59 Å². The molecule has 0 amide bonds. The van der Waals surface area contributed by atoms with Crippen LogP contribution in [-0.4, -0.2) is 22.2 Å². The third-order valence-electron chi connectivity index (χ3n) is 5.33. The molecule has 0 aromatic heterocycles. The van der Waals surface area contributed by atoms with Crippen LogP contribution in [0.2, 0.25) is 0 Å². The van der Waals surface area contributed by atoms with Gasteiger partial charge in [0.2, 0.25) is 0 Å². The van der Waals surface area contributed by atoms with E-state index in [0.717, 1.165) is 12.8 Å². The fourth-order valence-electron chi connectivity index (χ4n) is 3.86. The van der Waals surface area contributed by atoms with Crippen molar-refractivity contribution >= 4 is 11.9 Å². The molecule has 0 radical (unpaired) electrons. The van der Waals surface area contributed by atoms with E-state index in [0.29, 0.717) is 18.5 Å². The standard InChI is InChI=1S/C14H21NO4/c1-3-13(11(16)17)8(2)14(12(18)19,9-4-5-9)7-6-10(13)15/h6,8-9H,3-5,7,15H2,1-2H3,(H,16,17)(H,18,19). The number of nitrogens with two attached hydrogens (primary N) is 1. The predicted molar refractivity (Wildman–Crippen MR) is 69.2 cm³/mol. The van der Waals surface area contributed by atoms with Gasteiger partial charge in [0, 0.05) is 5.70 Å². The molecule has 1 saturated carbocycles. The van der Waals surface area contributed by atoms with Crippen molar-refractivity contribution in [2.45, 2.75) is 39.5 Å². The number of carboxylic acid groups (broad SMARTS) is 2. The van der Waals surface area contributed by atoms with Crippen molar-refractivity contribution in [3.05, 3.63) is 11.8 Å². The zero-order chi connectivity index (χ0) is 14.4. The van der Waals surface area contributed by atoms with Gasteiger partial charge in [-0.25, -0.2) is 0 Å². The molecule has 5 heteroatoms. The second-order valence-corrected chi connectivity index (χ2v) is 5.84. The number of carbonyl (C=O) groups is 2. The van der Waals surface area contributed by atoms with E-state index < -0.39 is 28.7 Å². The summed E-state index contributed by atoms with van der Waals surface area (Å²) in [5.74, 6) is -2.32. The van der Waals surface area contributed by atoms with Crippen LogP contribution >= 0.6 is 0 Å². The first-order valence-electron chi connectivity index (χ1n) is 6.77. The molecule has 0 bridgehead atoms. The Balaban J connectivity index is 2.58. The first-order chi connectivity index (χ1) is 8.84. The molecule has 2 aliphatic rings. The summed E-state index contributed by atoms with van der Waals surface area (Å²) < 4.78 is 0. The lowest BCUT2D eigenvalue weighted by molar-refractivity contribution is -0.166. The lowest BCUT2D eigenvalue weighted by atomic mass is 9.54. The molecule has 3 unspecified atom stereocenters. The van der Waals surface area contributed by atoms with Crippen LogP contribution in [0.3, 0.4) is 0 Å². The second kappa shape index (κ2) is 4.25. The zero-order valence-corrected chi connectivity index (χ0v) is 11.3. The summed E-state index contributed by atoms with van der Waals surface area (Å²) in [4.78, 5) is 23.6. The molecular weight excluding hydrogens is 246 g/mol. The molecule has 5 nitrogen and oxygen atoms in total. The van der Waals surface area contributed by atoms with Crippen LogP contribution in [0.4, 0.5) is 0 Å². The van der Waals surface area contributed by atoms with Gasteiger partial charge in [-0.15, -0.1) is 0 Å². The van der Waals surface area contributed by atoms with Gasteiger partial charge in [0.1, 0.15) is 5.41 Å². The number of aliphatic carboxylic acids is 2. The van der Waals surface area contributed by atoms with Gasteiger partial charge in [0.05, 0.1) is 5.41 Å². The van der Waals surface area contributed by atoms with E-state index in [1.165, 1.54) is 0 Å². The average molecular weight is 267 g/mol. The SMILES string of the molecule is CCC1(C(=O)O)C(N)=CCC(C(=O)O)(C2CC2)C1C. The van der Waals surface area contributed by atoms with Crippen molar-refractivity contribution in [3.63, 3.8) is 0 Å². The summed E-state index contributed by atoms with van der Waals surface area (Å²) >= 11 is 0. The zero-order valence-electron chi connectivity index (χ0n) is 11.3. The van der Waals surface area contributed by atoms with E-state index in [1.54, 1.807) is 19.9 Å². The highest BCUT2D eigenvalue weighted by molar-refractivity contribution is 5.84. The highest BCUT2D eigenvalue weighted by Crippen LogP contribution is 2.61. The number of rotatable bonds is 4. The molecule has 3 atom stereocenters. The Labute approximate surface area is 112 Å².